The van der Waals surface area contributed by atoms with Gasteiger partial charge in [0, 0.05) is 55.8 Å². The van der Waals surface area contributed by atoms with E-state index < -0.39 is 0 Å². The van der Waals surface area contributed by atoms with Crippen LogP contribution in [0.4, 0.5) is 0 Å². The van der Waals surface area contributed by atoms with Gasteiger partial charge >= 0.3 is 0 Å². The molecule has 6 fully saturated rings. The van der Waals surface area contributed by atoms with Gasteiger partial charge in [-0.2, -0.15) is 11.8 Å². The molecule has 7 nitrogen and oxygen atoms in total. The highest BCUT2D eigenvalue weighted by Gasteiger charge is 2.26. The summed E-state index contributed by atoms with van der Waals surface area (Å²) in [5, 5.41) is 0. The highest BCUT2D eigenvalue weighted by atomic mass is 32.2. The number of rotatable bonds is 3. The molecule has 8 heteroatoms. The van der Waals surface area contributed by atoms with Crippen LogP contribution in [-0.4, -0.2) is 172 Å². The molecule has 0 amide bonds. The molecule has 0 unspecified atom stereocenters. The van der Waals surface area contributed by atoms with Gasteiger partial charge in [0.25, 0.3) is 0 Å². The zero-order chi connectivity index (χ0) is 34.0. The molecular formula is C38H82N6OS. The van der Waals surface area contributed by atoms with Gasteiger partial charge in [0.05, 0.1) is 13.2 Å². The third-order valence-electron chi connectivity index (χ3n) is 10.3. The van der Waals surface area contributed by atoms with E-state index in [-0.39, 0.29) is 0 Å². The monoisotopic (exact) mass is 671 g/mol. The van der Waals surface area contributed by atoms with Crippen LogP contribution in [-0.2, 0) is 4.74 Å². The summed E-state index contributed by atoms with van der Waals surface area (Å²) in [6.07, 6.45) is 14.1. The molecule has 0 aromatic carbocycles. The van der Waals surface area contributed by atoms with Crippen molar-refractivity contribution in [2.75, 3.05) is 124 Å². The van der Waals surface area contributed by atoms with Crippen LogP contribution in [0, 0.1) is 0 Å². The van der Waals surface area contributed by atoms with E-state index >= 15 is 0 Å². The number of likely N-dealkylation sites (tertiary alicyclic amines) is 4. The summed E-state index contributed by atoms with van der Waals surface area (Å²) < 4.78 is 5.36. The molecule has 6 aliphatic heterocycles. The van der Waals surface area contributed by atoms with Crippen LogP contribution in [0.2, 0.25) is 0 Å². The first-order valence-electron chi connectivity index (χ1n) is 20.0. The minimum atomic E-state index is 0.833. The van der Waals surface area contributed by atoms with Crippen molar-refractivity contribution in [3.8, 4) is 0 Å². The molecule has 0 saturated carbocycles. The van der Waals surface area contributed by atoms with E-state index in [1.54, 1.807) is 0 Å². The second kappa shape index (κ2) is 28.9. The molecule has 6 heterocycles. The van der Waals surface area contributed by atoms with Crippen molar-refractivity contribution < 1.29 is 4.74 Å². The molecule has 6 aliphatic rings. The van der Waals surface area contributed by atoms with E-state index in [0.29, 0.717) is 0 Å². The summed E-state index contributed by atoms with van der Waals surface area (Å²) in [7, 11) is 6.70. The normalized spacial score (nSPS) is 25.8. The quantitative estimate of drug-likeness (QED) is 0.333. The van der Waals surface area contributed by atoms with Crippen LogP contribution in [0.3, 0.4) is 0 Å². The minimum absolute atomic E-state index is 0.833. The van der Waals surface area contributed by atoms with Crippen molar-refractivity contribution in [2.45, 2.75) is 124 Å². The predicted molar refractivity (Wildman–Crippen MR) is 207 cm³/mol. The van der Waals surface area contributed by atoms with E-state index in [1.807, 2.05) is 41.5 Å². The Kier molecular flexibility index (Phi) is 27.7. The second-order valence-electron chi connectivity index (χ2n) is 13.4. The fourth-order valence-electron chi connectivity index (χ4n) is 7.43. The molecule has 0 atom stereocenters. The van der Waals surface area contributed by atoms with Crippen molar-refractivity contribution in [3.05, 3.63) is 0 Å². The molecule has 0 aliphatic carbocycles. The summed E-state index contributed by atoms with van der Waals surface area (Å²) in [6.45, 7) is 29.3. The summed E-state index contributed by atoms with van der Waals surface area (Å²) in [6, 6.07) is 2.64. The van der Waals surface area contributed by atoms with Crippen molar-refractivity contribution in [3.63, 3.8) is 0 Å². The van der Waals surface area contributed by atoms with Gasteiger partial charge in [0.2, 0.25) is 0 Å². The van der Waals surface area contributed by atoms with Crippen LogP contribution in [0.1, 0.15) is 106 Å². The Hall–Kier alpha value is 0.0700. The molecule has 6 rings (SSSR count). The largest absolute Gasteiger partial charge is 0.379 e. The van der Waals surface area contributed by atoms with Gasteiger partial charge in [-0.05, 0) is 125 Å². The first kappa shape index (κ1) is 44.1. The standard InChI is InChI=1S/C12H24N2.C10H20N2O.C10H20N2S.3C2H6/c1-13-10-6-12(7-11-13)14-8-4-2-3-5-9-14;2*1-11-4-2-10(3-5-11)12-6-8-13-9-7-12;3*1-2/h12H,2-11H2,1H3;2*10H,2-9H2,1H3;3*1-2H3. The fourth-order valence-corrected chi connectivity index (χ4v) is 8.36. The summed E-state index contributed by atoms with van der Waals surface area (Å²) in [4.78, 5) is 15.4. The molecule has 0 aromatic rings. The Bertz CT molecular complexity index is 595. The smallest absolute Gasteiger partial charge is 0.0594 e. The van der Waals surface area contributed by atoms with Crippen LogP contribution >= 0.6 is 11.8 Å². The zero-order valence-corrected chi connectivity index (χ0v) is 33.4. The summed E-state index contributed by atoms with van der Waals surface area (Å²) >= 11 is 2.11. The summed E-state index contributed by atoms with van der Waals surface area (Å²) in [5.41, 5.74) is 0. The van der Waals surface area contributed by atoms with Crippen molar-refractivity contribution in [1.82, 2.24) is 29.4 Å². The van der Waals surface area contributed by atoms with E-state index in [0.717, 1.165) is 44.4 Å². The van der Waals surface area contributed by atoms with Crippen LogP contribution in [0.25, 0.3) is 0 Å². The number of nitrogens with zero attached hydrogens (tertiary/aromatic N) is 6. The number of ether oxygens (including phenoxy) is 1. The average molecular weight is 671 g/mol. The molecule has 0 radical (unpaired) electrons. The minimum Gasteiger partial charge on any atom is -0.379 e. The maximum Gasteiger partial charge on any atom is 0.0594 e. The van der Waals surface area contributed by atoms with Crippen LogP contribution < -0.4 is 0 Å². The van der Waals surface area contributed by atoms with E-state index in [2.05, 4.69) is 62.3 Å². The number of thioether (sulfide) groups is 1. The highest BCUT2D eigenvalue weighted by molar-refractivity contribution is 7.99. The van der Waals surface area contributed by atoms with Gasteiger partial charge in [-0.3, -0.25) is 9.80 Å². The number of piperidine rings is 3. The van der Waals surface area contributed by atoms with E-state index in [4.69, 9.17) is 4.74 Å². The molecule has 0 aromatic heterocycles. The summed E-state index contributed by atoms with van der Waals surface area (Å²) in [5.74, 6) is 2.71. The van der Waals surface area contributed by atoms with E-state index in [9.17, 15) is 0 Å². The lowest BCUT2D eigenvalue weighted by Crippen LogP contribution is -2.48. The topological polar surface area (TPSA) is 28.7 Å². The molecule has 0 bridgehead atoms. The fraction of sp³-hybridized carbons (Fsp3) is 1.00. The first-order chi connectivity index (χ1) is 22.6. The SMILES string of the molecule is CC.CC.CC.CN1CCC(N2CCCCCC2)CC1.CN1CCC(N2CCOCC2)CC1.CN1CCC(N2CCSCC2)CC1. The molecule has 276 valence electrons. The predicted octanol–water partition coefficient (Wildman–Crippen LogP) is 6.58. The van der Waals surface area contributed by atoms with Gasteiger partial charge in [0.1, 0.15) is 0 Å². The van der Waals surface area contributed by atoms with Crippen molar-refractivity contribution in [1.29, 1.82) is 0 Å². The Morgan fingerprint density at radius 2 is 0.696 bits per heavy atom. The molecule has 0 spiro atoms. The highest BCUT2D eigenvalue weighted by Crippen LogP contribution is 2.21. The van der Waals surface area contributed by atoms with Gasteiger partial charge < -0.3 is 24.3 Å². The number of morpholine rings is 1. The lowest BCUT2D eigenvalue weighted by atomic mass is 10.0. The maximum absolute atomic E-state index is 5.36. The first-order valence-corrected chi connectivity index (χ1v) is 21.2. The van der Waals surface area contributed by atoms with E-state index in [1.165, 1.54) is 141 Å². The van der Waals surface area contributed by atoms with Crippen molar-refractivity contribution in [2.24, 2.45) is 0 Å². The molecule has 46 heavy (non-hydrogen) atoms. The lowest BCUT2D eigenvalue weighted by molar-refractivity contribution is 0.00290. The Morgan fingerprint density at radius 1 is 0.391 bits per heavy atom. The van der Waals surface area contributed by atoms with Crippen molar-refractivity contribution >= 4 is 11.8 Å². The Labute approximate surface area is 293 Å². The average Bonchev–Trinajstić information content (AvgIpc) is 3.43. The third kappa shape index (κ3) is 18.2. The Morgan fingerprint density at radius 3 is 1.04 bits per heavy atom. The van der Waals surface area contributed by atoms with Gasteiger partial charge in [-0.25, -0.2) is 0 Å². The molecule has 0 N–H and O–H groups in total. The van der Waals surface area contributed by atoms with Gasteiger partial charge in [0.15, 0.2) is 0 Å². The van der Waals surface area contributed by atoms with Gasteiger partial charge in [-0.15, -0.1) is 0 Å². The third-order valence-corrected chi connectivity index (χ3v) is 11.3. The van der Waals surface area contributed by atoms with Gasteiger partial charge in [-0.1, -0.05) is 54.4 Å². The lowest BCUT2D eigenvalue weighted by Gasteiger charge is -2.39. The number of hydrogen-bond acceptors (Lipinski definition) is 8. The maximum atomic E-state index is 5.36. The van der Waals surface area contributed by atoms with Crippen LogP contribution in [0.15, 0.2) is 0 Å². The molecular weight excluding hydrogens is 589 g/mol. The Balaban J connectivity index is 0.000000319. The number of hydrogen-bond donors (Lipinski definition) is 0. The second-order valence-corrected chi connectivity index (χ2v) is 14.6. The molecule has 6 saturated heterocycles. The zero-order valence-electron chi connectivity index (χ0n) is 32.6. The van der Waals surface area contributed by atoms with Crippen LogP contribution in [0.5, 0.6) is 0 Å².